The summed E-state index contributed by atoms with van der Waals surface area (Å²) in [6.07, 6.45) is 5.71. The van der Waals surface area contributed by atoms with Gasteiger partial charge in [0.2, 0.25) is 0 Å². The van der Waals surface area contributed by atoms with Crippen molar-refractivity contribution in [3.8, 4) is 0 Å². The highest BCUT2D eigenvalue weighted by Crippen LogP contribution is 2.46. The van der Waals surface area contributed by atoms with E-state index in [1.165, 1.54) is 26.4 Å². The van der Waals surface area contributed by atoms with E-state index < -0.39 is 0 Å². The summed E-state index contributed by atoms with van der Waals surface area (Å²) in [5, 5.41) is 0.704. The number of ether oxygens (including phenoxy) is 1. The van der Waals surface area contributed by atoms with Gasteiger partial charge in [0.15, 0.2) is 5.11 Å². The fourth-order valence-electron chi connectivity index (χ4n) is 4.14. The number of nitrogens with zero attached hydrogens (tertiary/aromatic N) is 2. The molecule has 5 nitrogen and oxygen atoms in total. The first-order chi connectivity index (χ1) is 12.6. The molecule has 26 heavy (non-hydrogen) atoms. The molecule has 3 fully saturated rings. The van der Waals surface area contributed by atoms with E-state index in [0.29, 0.717) is 10.7 Å². The highest BCUT2D eigenvalue weighted by molar-refractivity contribution is 7.99. The van der Waals surface area contributed by atoms with Crippen LogP contribution in [-0.4, -0.2) is 51.7 Å². The van der Waals surface area contributed by atoms with Crippen molar-refractivity contribution < 1.29 is 14.3 Å². The molecule has 138 valence electrons. The van der Waals surface area contributed by atoms with E-state index in [0.717, 1.165) is 24.2 Å². The van der Waals surface area contributed by atoms with Gasteiger partial charge in [-0.2, -0.15) is 0 Å². The number of amides is 1. The first-order valence-electron chi connectivity index (χ1n) is 9.07. The number of thiocarbonyl (C=S) groups is 1. The van der Waals surface area contributed by atoms with E-state index in [1.54, 1.807) is 23.9 Å². The number of carbonyl (C=O) groups excluding carboxylic acids is 2. The average Bonchev–Trinajstić information content (AvgIpc) is 3.22. The van der Waals surface area contributed by atoms with Crippen LogP contribution in [0.4, 0.5) is 0 Å². The summed E-state index contributed by atoms with van der Waals surface area (Å²) in [5.74, 6) is 0.581. The Morgan fingerprint density at radius 1 is 1.19 bits per heavy atom. The van der Waals surface area contributed by atoms with Crippen molar-refractivity contribution in [2.45, 2.75) is 49.6 Å². The molecule has 2 saturated heterocycles. The molecule has 2 aliphatic heterocycles. The van der Waals surface area contributed by atoms with Crippen molar-refractivity contribution in [1.82, 2.24) is 9.80 Å². The van der Waals surface area contributed by atoms with Crippen LogP contribution in [0.3, 0.4) is 0 Å². The maximum absolute atomic E-state index is 13.0. The number of esters is 1. The van der Waals surface area contributed by atoms with Crippen LogP contribution in [0, 0.1) is 0 Å². The number of carbonyl (C=O) groups is 2. The smallest absolute Gasteiger partial charge is 0.337 e. The SMILES string of the molecule is COC(=O)c1ccc([C@H]2SC[C@@H]3C(=O)N(C4CCCCC4)C(=S)N32)cc1. The number of fused-ring (bicyclic) bond motifs is 1. The largest absolute Gasteiger partial charge is 0.465 e. The van der Waals surface area contributed by atoms with Crippen LogP contribution >= 0.6 is 24.0 Å². The second-order valence-corrected chi connectivity index (χ2v) is 8.48. The third-order valence-corrected chi connectivity index (χ3v) is 7.24. The maximum Gasteiger partial charge on any atom is 0.337 e. The van der Waals surface area contributed by atoms with Gasteiger partial charge >= 0.3 is 5.97 Å². The highest BCUT2D eigenvalue weighted by atomic mass is 32.2. The quantitative estimate of drug-likeness (QED) is 0.583. The summed E-state index contributed by atoms with van der Waals surface area (Å²) in [7, 11) is 1.38. The molecule has 1 aromatic carbocycles. The van der Waals surface area contributed by atoms with Gasteiger partial charge in [-0.05, 0) is 42.8 Å². The van der Waals surface area contributed by atoms with E-state index in [1.807, 2.05) is 17.0 Å². The minimum atomic E-state index is -0.344. The van der Waals surface area contributed by atoms with E-state index in [2.05, 4.69) is 4.90 Å². The number of hydrogen-bond acceptors (Lipinski definition) is 5. The van der Waals surface area contributed by atoms with Crippen molar-refractivity contribution in [3.63, 3.8) is 0 Å². The van der Waals surface area contributed by atoms with E-state index in [9.17, 15) is 9.59 Å². The molecule has 2 heterocycles. The number of benzene rings is 1. The first-order valence-corrected chi connectivity index (χ1v) is 10.5. The molecule has 0 unspecified atom stereocenters. The molecular weight excluding hydrogens is 368 g/mol. The summed E-state index contributed by atoms with van der Waals surface area (Å²) in [5.41, 5.74) is 1.59. The molecule has 1 aliphatic carbocycles. The Labute approximate surface area is 163 Å². The number of hydrogen-bond donors (Lipinski definition) is 0. The van der Waals surface area contributed by atoms with Crippen LogP contribution < -0.4 is 0 Å². The summed E-state index contributed by atoms with van der Waals surface area (Å²) in [4.78, 5) is 28.6. The number of methoxy groups -OCH3 is 1. The van der Waals surface area contributed by atoms with Gasteiger partial charge in [0.1, 0.15) is 11.4 Å². The Morgan fingerprint density at radius 2 is 1.88 bits per heavy atom. The fraction of sp³-hybridized carbons (Fsp3) is 0.526. The summed E-state index contributed by atoms with van der Waals surface area (Å²) in [6, 6.07) is 7.52. The predicted octanol–water partition coefficient (Wildman–Crippen LogP) is 3.35. The Hall–Kier alpha value is -1.60. The first kappa shape index (κ1) is 17.8. The zero-order valence-corrected chi connectivity index (χ0v) is 16.4. The Morgan fingerprint density at radius 3 is 2.54 bits per heavy atom. The normalized spacial score (nSPS) is 26.3. The molecule has 2 atom stereocenters. The van der Waals surface area contributed by atoms with Crippen LogP contribution in [0.15, 0.2) is 24.3 Å². The van der Waals surface area contributed by atoms with E-state index in [4.69, 9.17) is 17.0 Å². The van der Waals surface area contributed by atoms with E-state index >= 15 is 0 Å². The van der Waals surface area contributed by atoms with Gasteiger partial charge in [-0.3, -0.25) is 9.69 Å². The molecule has 3 aliphatic rings. The van der Waals surface area contributed by atoms with Crippen molar-refractivity contribution in [2.24, 2.45) is 0 Å². The van der Waals surface area contributed by atoms with Crippen LogP contribution in [-0.2, 0) is 9.53 Å². The Bertz CT molecular complexity index is 731. The maximum atomic E-state index is 13.0. The molecule has 0 aromatic heterocycles. The van der Waals surface area contributed by atoms with Gasteiger partial charge in [0.25, 0.3) is 5.91 Å². The van der Waals surface area contributed by atoms with Gasteiger partial charge in [-0.15, -0.1) is 11.8 Å². The topological polar surface area (TPSA) is 49.9 Å². The fourth-order valence-corrected chi connectivity index (χ4v) is 6.11. The van der Waals surface area contributed by atoms with Gasteiger partial charge < -0.3 is 9.64 Å². The highest BCUT2D eigenvalue weighted by Gasteiger charge is 2.52. The molecule has 1 amide bonds. The lowest BCUT2D eigenvalue weighted by Crippen LogP contribution is -2.42. The van der Waals surface area contributed by atoms with E-state index in [-0.39, 0.29) is 29.3 Å². The molecule has 7 heteroatoms. The molecule has 0 bridgehead atoms. The zero-order chi connectivity index (χ0) is 18.3. The minimum absolute atomic E-state index is 0.0248. The third kappa shape index (κ3) is 2.91. The molecule has 4 rings (SSSR count). The second-order valence-electron chi connectivity index (χ2n) is 7.00. The second kappa shape index (κ2) is 7.19. The zero-order valence-electron chi connectivity index (χ0n) is 14.7. The molecule has 1 saturated carbocycles. The van der Waals surface area contributed by atoms with Crippen LogP contribution in [0.5, 0.6) is 0 Å². The molecule has 0 spiro atoms. The summed E-state index contributed by atoms with van der Waals surface area (Å²) < 4.78 is 4.76. The van der Waals surface area contributed by atoms with Gasteiger partial charge in [-0.1, -0.05) is 31.4 Å². The van der Waals surface area contributed by atoms with Crippen LogP contribution in [0.2, 0.25) is 0 Å². The summed E-state index contributed by atoms with van der Waals surface area (Å²) in [6.45, 7) is 0. The lowest BCUT2D eigenvalue weighted by atomic mass is 9.94. The molecule has 0 N–H and O–H groups in total. The average molecular weight is 391 g/mol. The van der Waals surface area contributed by atoms with Crippen molar-refractivity contribution in [2.75, 3.05) is 12.9 Å². The van der Waals surface area contributed by atoms with Crippen LogP contribution in [0.1, 0.15) is 53.4 Å². The predicted molar refractivity (Wildman–Crippen MR) is 105 cm³/mol. The van der Waals surface area contributed by atoms with Gasteiger partial charge in [0.05, 0.1) is 12.7 Å². The monoisotopic (exact) mass is 390 g/mol. The van der Waals surface area contributed by atoms with Gasteiger partial charge in [0, 0.05) is 11.8 Å². The Balaban J connectivity index is 1.56. The van der Waals surface area contributed by atoms with Crippen molar-refractivity contribution >= 4 is 41.0 Å². The minimum Gasteiger partial charge on any atom is -0.465 e. The number of rotatable bonds is 3. The standard InChI is InChI=1S/C19H22N2O3S2/c1-24-18(23)13-9-7-12(8-10-13)17-21-15(11-26-17)16(22)20(19(21)25)14-5-3-2-4-6-14/h7-10,14-15,17H,2-6,11H2,1H3/t15-,17-/m1/s1. The molecular formula is C19H22N2O3S2. The molecule has 1 aromatic rings. The number of thioether (sulfide) groups is 1. The summed E-state index contributed by atoms with van der Waals surface area (Å²) >= 11 is 7.48. The Kier molecular flexibility index (Phi) is 4.92. The van der Waals surface area contributed by atoms with Crippen molar-refractivity contribution in [1.29, 1.82) is 0 Å². The lowest BCUT2D eigenvalue weighted by Gasteiger charge is -2.32. The lowest BCUT2D eigenvalue weighted by molar-refractivity contribution is -0.129. The third-order valence-electron chi connectivity index (χ3n) is 5.51. The molecule has 0 radical (unpaired) electrons. The van der Waals surface area contributed by atoms with Crippen LogP contribution in [0.25, 0.3) is 0 Å². The van der Waals surface area contributed by atoms with Crippen molar-refractivity contribution in [3.05, 3.63) is 35.4 Å². The van der Waals surface area contributed by atoms with Gasteiger partial charge in [-0.25, -0.2) is 4.79 Å².